The fourth-order valence-electron chi connectivity index (χ4n) is 2.41. The first kappa shape index (κ1) is 15.1. The first-order valence-electron chi connectivity index (χ1n) is 7.33. The van der Waals surface area contributed by atoms with E-state index in [1.54, 1.807) is 0 Å². The number of aromatic nitrogens is 4. The van der Waals surface area contributed by atoms with E-state index in [0.29, 0.717) is 6.04 Å². The van der Waals surface area contributed by atoms with Crippen molar-refractivity contribution in [1.82, 2.24) is 24.7 Å². The van der Waals surface area contributed by atoms with Crippen molar-refractivity contribution in [3.05, 3.63) is 29.0 Å². The largest absolute Gasteiger partial charge is 0.309 e. The van der Waals surface area contributed by atoms with Crippen LogP contribution in [0.5, 0.6) is 0 Å². The number of hydrogen-bond donors (Lipinski definition) is 1. The molecule has 6 heteroatoms. The lowest BCUT2D eigenvalue weighted by Gasteiger charge is -2.15. The highest BCUT2D eigenvalue weighted by Gasteiger charge is 2.16. The van der Waals surface area contributed by atoms with Crippen LogP contribution in [0.25, 0.3) is 0 Å². The number of likely N-dealkylation sites (N-methyl/N-ethyl adjacent to an activating group) is 1. The molecule has 1 unspecified atom stereocenters. The highest BCUT2D eigenvalue weighted by molar-refractivity contribution is 7.05. The molecule has 0 fully saturated rings. The molecule has 2 aromatic heterocycles. The molecule has 1 N–H and O–H groups in total. The highest BCUT2D eigenvalue weighted by Crippen LogP contribution is 2.21. The minimum atomic E-state index is 0.255. The van der Waals surface area contributed by atoms with Gasteiger partial charge in [0.1, 0.15) is 0 Å². The van der Waals surface area contributed by atoms with E-state index in [0.717, 1.165) is 31.5 Å². The van der Waals surface area contributed by atoms with Crippen LogP contribution in [0.4, 0.5) is 0 Å². The van der Waals surface area contributed by atoms with Gasteiger partial charge < -0.3 is 5.32 Å². The summed E-state index contributed by atoms with van der Waals surface area (Å²) in [6, 6.07) is 2.88. The Kier molecular flexibility index (Phi) is 5.67. The Hall–Kier alpha value is -1.27. The molecule has 0 aliphatic heterocycles. The molecular weight excluding hydrogens is 270 g/mol. The number of nitrogens with zero attached hydrogens (tertiary/aromatic N) is 4. The molecule has 1 atom stereocenters. The van der Waals surface area contributed by atoms with Gasteiger partial charge in [0.15, 0.2) is 0 Å². The summed E-state index contributed by atoms with van der Waals surface area (Å²) < 4.78 is 6.05. The Morgan fingerprint density at radius 3 is 2.70 bits per heavy atom. The summed E-state index contributed by atoms with van der Waals surface area (Å²) in [5.41, 5.74) is 1.12. The van der Waals surface area contributed by atoms with Crippen LogP contribution in [0.15, 0.2) is 18.5 Å². The van der Waals surface area contributed by atoms with Gasteiger partial charge in [-0.05, 0) is 37.0 Å². The van der Waals surface area contributed by atoms with Gasteiger partial charge in [-0.2, -0.15) is 5.10 Å². The van der Waals surface area contributed by atoms with Gasteiger partial charge in [0.05, 0.1) is 28.9 Å². The topological polar surface area (TPSA) is 55.6 Å². The van der Waals surface area contributed by atoms with Gasteiger partial charge in [-0.3, -0.25) is 4.68 Å². The van der Waals surface area contributed by atoms with E-state index < -0.39 is 0 Å². The predicted molar refractivity (Wildman–Crippen MR) is 81.9 cm³/mol. The quantitative estimate of drug-likeness (QED) is 0.813. The third kappa shape index (κ3) is 3.64. The summed E-state index contributed by atoms with van der Waals surface area (Å²) >= 11 is 1.45. The summed E-state index contributed by atoms with van der Waals surface area (Å²) in [6.45, 7) is 7.46. The van der Waals surface area contributed by atoms with Crippen molar-refractivity contribution in [3.8, 4) is 0 Å². The van der Waals surface area contributed by atoms with E-state index in [1.165, 1.54) is 16.4 Å². The Morgan fingerprint density at radius 2 is 2.10 bits per heavy atom. The number of nitrogens with one attached hydrogen (secondary N) is 1. The van der Waals surface area contributed by atoms with E-state index in [4.69, 9.17) is 5.10 Å². The first-order chi connectivity index (χ1) is 9.78. The summed E-state index contributed by atoms with van der Waals surface area (Å²) in [6.07, 6.45) is 7.06. The van der Waals surface area contributed by atoms with E-state index in [-0.39, 0.29) is 6.04 Å². The van der Waals surface area contributed by atoms with Gasteiger partial charge in [-0.1, -0.05) is 25.3 Å². The minimum Gasteiger partial charge on any atom is -0.309 e. The molecule has 2 heterocycles. The zero-order valence-corrected chi connectivity index (χ0v) is 13.2. The molecule has 0 spiro atoms. The average Bonchev–Trinajstić information content (AvgIpc) is 3.11. The highest BCUT2D eigenvalue weighted by atomic mass is 32.1. The molecule has 0 saturated carbocycles. The molecule has 0 aliphatic carbocycles. The minimum absolute atomic E-state index is 0.255. The Bertz CT molecular complexity index is 489. The Balaban J connectivity index is 2.07. The van der Waals surface area contributed by atoms with Crippen LogP contribution in [-0.2, 0) is 6.42 Å². The molecule has 20 heavy (non-hydrogen) atoms. The van der Waals surface area contributed by atoms with Crippen molar-refractivity contribution in [2.24, 2.45) is 0 Å². The van der Waals surface area contributed by atoms with E-state index >= 15 is 0 Å². The molecule has 2 rings (SSSR count). The monoisotopic (exact) mass is 293 g/mol. The zero-order chi connectivity index (χ0) is 14.4. The van der Waals surface area contributed by atoms with Gasteiger partial charge in [-0.25, -0.2) is 0 Å². The standard InChI is InChI=1S/C14H23N5S/c1-4-12(5-2)19-8-7-11(17-19)9-13(15-6-3)14-10-16-18-20-14/h7-8,10,12-13,15H,4-6,9H2,1-3H3. The molecule has 0 amide bonds. The maximum atomic E-state index is 4.72. The zero-order valence-electron chi connectivity index (χ0n) is 12.4. The SMILES string of the molecule is CCNC(Cc1ccn(C(CC)CC)n1)c1cnns1. The van der Waals surface area contributed by atoms with Crippen LogP contribution < -0.4 is 5.32 Å². The lowest BCUT2D eigenvalue weighted by Crippen LogP contribution is -2.22. The summed E-state index contributed by atoms with van der Waals surface area (Å²) in [7, 11) is 0. The van der Waals surface area contributed by atoms with Crippen LogP contribution in [0, 0.1) is 0 Å². The third-order valence-corrected chi connectivity index (χ3v) is 4.34. The molecule has 0 radical (unpaired) electrons. The fraction of sp³-hybridized carbons (Fsp3) is 0.643. The third-order valence-electron chi connectivity index (χ3n) is 3.57. The van der Waals surface area contributed by atoms with Crippen LogP contribution in [0.2, 0.25) is 0 Å². The van der Waals surface area contributed by atoms with Gasteiger partial charge in [0.2, 0.25) is 0 Å². The molecular formula is C14H23N5S. The second-order valence-electron chi connectivity index (χ2n) is 4.89. The maximum absolute atomic E-state index is 4.72. The number of rotatable bonds is 8. The molecule has 0 saturated heterocycles. The van der Waals surface area contributed by atoms with Gasteiger partial charge >= 0.3 is 0 Å². The predicted octanol–water partition coefficient (Wildman–Crippen LogP) is 2.99. The van der Waals surface area contributed by atoms with E-state index in [9.17, 15) is 0 Å². The van der Waals surface area contributed by atoms with Crippen molar-refractivity contribution in [3.63, 3.8) is 0 Å². The van der Waals surface area contributed by atoms with Gasteiger partial charge in [-0.15, -0.1) is 5.10 Å². The summed E-state index contributed by atoms with van der Waals surface area (Å²) in [4.78, 5) is 1.17. The van der Waals surface area contributed by atoms with Crippen molar-refractivity contribution < 1.29 is 0 Å². The van der Waals surface area contributed by atoms with E-state index in [2.05, 4.69) is 52.6 Å². The smallest absolute Gasteiger partial charge is 0.0669 e. The first-order valence-corrected chi connectivity index (χ1v) is 8.10. The molecule has 0 aliphatic rings. The molecule has 5 nitrogen and oxygen atoms in total. The molecule has 0 bridgehead atoms. The van der Waals surface area contributed by atoms with Crippen molar-refractivity contribution in [2.45, 2.75) is 52.1 Å². The van der Waals surface area contributed by atoms with Crippen molar-refractivity contribution in [2.75, 3.05) is 6.54 Å². The Labute approximate surface area is 124 Å². The lowest BCUT2D eigenvalue weighted by molar-refractivity contribution is 0.423. The van der Waals surface area contributed by atoms with Crippen molar-refractivity contribution >= 4 is 11.5 Å². The van der Waals surface area contributed by atoms with E-state index in [1.807, 2.05) is 6.20 Å². The Morgan fingerprint density at radius 1 is 1.30 bits per heavy atom. The van der Waals surface area contributed by atoms with Crippen LogP contribution in [-0.4, -0.2) is 25.9 Å². The van der Waals surface area contributed by atoms with Crippen molar-refractivity contribution in [1.29, 1.82) is 0 Å². The van der Waals surface area contributed by atoms with Crippen LogP contribution in [0.3, 0.4) is 0 Å². The second kappa shape index (κ2) is 7.50. The molecule has 0 aromatic carbocycles. The lowest BCUT2D eigenvalue weighted by atomic mass is 10.1. The van der Waals surface area contributed by atoms with Gasteiger partial charge in [0, 0.05) is 12.6 Å². The normalized spacial score (nSPS) is 13.0. The molecule has 110 valence electrons. The number of hydrogen-bond acceptors (Lipinski definition) is 5. The summed E-state index contributed by atoms with van der Waals surface area (Å²) in [5, 5.41) is 12.1. The molecule has 2 aromatic rings. The summed E-state index contributed by atoms with van der Waals surface area (Å²) in [5.74, 6) is 0. The van der Waals surface area contributed by atoms with Crippen LogP contribution >= 0.6 is 11.5 Å². The average molecular weight is 293 g/mol. The second-order valence-corrected chi connectivity index (χ2v) is 5.71. The van der Waals surface area contributed by atoms with Crippen LogP contribution in [0.1, 0.15) is 56.3 Å². The fourth-order valence-corrected chi connectivity index (χ4v) is 2.99. The van der Waals surface area contributed by atoms with Gasteiger partial charge in [0.25, 0.3) is 0 Å². The maximum Gasteiger partial charge on any atom is 0.0669 e.